The highest BCUT2D eigenvalue weighted by molar-refractivity contribution is 7.13. The minimum atomic E-state index is -0.0739. The Bertz CT molecular complexity index is 1010. The number of aromatic amines is 1. The van der Waals surface area contributed by atoms with E-state index in [-0.39, 0.29) is 17.9 Å². The Morgan fingerprint density at radius 3 is 2.80 bits per heavy atom. The number of amides is 2. The SMILES string of the molecule is COc1cccc(CC(=O)NC2CCN(C(=O)c3cc(-c4cccs4)[nH]n3)CC2)c1. The van der Waals surface area contributed by atoms with E-state index in [1.165, 1.54) is 0 Å². The molecule has 0 unspecified atom stereocenters. The van der Waals surface area contributed by atoms with Crippen LogP contribution in [0.4, 0.5) is 0 Å². The van der Waals surface area contributed by atoms with Crippen molar-refractivity contribution >= 4 is 23.2 Å². The monoisotopic (exact) mass is 424 g/mol. The number of thiophene rings is 1. The lowest BCUT2D eigenvalue weighted by Gasteiger charge is -2.32. The molecule has 0 atom stereocenters. The van der Waals surface area contributed by atoms with Gasteiger partial charge in [-0.15, -0.1) is 11.3 Å². The molecule has 1 aliphatic rings. The van der Waals surface area contributed by atoms with Crippen LogP contribution in [-0.4, -0.2) is 53.2 Å². The number of rotatable bonds is 6. The zero-order chi connectivity index (χ0) is 20.9. The first-order chi connectivity index (χ1) is 14.6. The normalized spacial score (nSPS) is 14.5. The van der Waals surface area contributed by atoms with Crippen LogP contribution in [0.5, 0.6) is 5.75 Å². The molecule has 30 heavy (non-hydrogen) atoms. The zero-order valence-corrected chi connectivity index (χ0v) is 17.6. The van der Waals surface area contributed by atoms with E-state index in [2.05, 4.69) is 15.5 Å². The molecular formula is C22H24N4O3S. The summed E-state index contributed by atoms with van der Waals surface area (Å²) >= 11 is 1.60. The molecule has 1 fully saturated rings. The average Bonchev–Trinajstić information content (AvgIpc) is 3.46. The highest BCUT2D eigenvalue weighted by Crippen LogP contribution is 2.24. The molecule has 1 saturated heterocycles. The highest BCUT2D eigenvalue weighted by atomic mass is 32.1. The third-order valence-corrected chi connectivity index (χ3v) is 6.13. The van der Waals surface area contributed by atoms with Gasteiger partial charge in [0.25, 0.3) is 5.91 Å². The quantitative estimate of drug-likeness (QED) is 0.637. The number of nitrogens with one attached hydrogen (secondary N) is 2. The first-order valence-corrected chi connectivity index (χ1v) is 10.8. The van der Waals surface area contributed by atoms with Gasteiger partial charge in [-0.05, 0) is 48.1 Å². The maximum absolute atomic E-state index is 12.8. The largest absolute Gasteiger partial charge is 0.497 e. The zero-order valence-electron chi connectivity index (χ0n) is 16.8. The van der Waals surface area contributed by atoms with Crippen molar-refractivity contribution in [1.82, 2.24) is 20.4 Å². The van der Waals surface area contributed by atoms with Crippen LogP contribution >= 0.6 is 11.3 Å². The molecule has 0 radical (unpaired) electrons. The van der Waals surface area contributed by atoms with Gasteiger partial charge in [-0.1, -0.05) is 18.2 Å². The van der Waals surface area contributed by atoms with Gasteiger partial charge in [0, 0.05) is 19.1 Å². The topological polar surface area (TPSA) is 87.3 Å². The van der Waals surface area contributed by atoms with Gasteiger partial charge in [-0.3, -0.25) is 14.7 Å². The lowest BCUT2D eigenvalue weighted by molar-refractivity contribution is -0.121. The van der Waals surface area contributed by atoms with Gasteiger partial charge < -0.3 is 15.0 Å². The summed E-state index contributed by atoms with van der Waals surface area (Å²) in [6.45, 7) is 1.20. The molecule has 2 amide bonds. The number of methoxy groups -OCH3 is 1. The summed E-state index contributed by atoms with van der Waals surface area (Å²) < 4.78 is 5.20. The Hall–Kier alpha value is -3.13. The third kappa shape index (κ3) is 4.71. The molecule has 0 bridgehead atoms. The number of H-pyrrole nitrogens is 1. The third-order valence-electron chi connectivity index (χ3n) is 5.23. The molecule has 156 valence electrons. The molecule has 0 aliphatic carbocycles. The van der Waals surface area contributed by atoms with Gasteiger partial charge in [0.15, 0.2) is 5.69 Å². The number of nitrogens with zero attached hydrogens (tertiary/aromatic N) is 2. The average molecular weight is 425 g/mol. The van der Waals surface area contributed by atoms with Gasteiger partial charge >= 0.3 is 0 Å². The molecule has 3 heterocycles. The summed E-state index contributed by atoms with van der Waals surface area (Å²) in [5.41, 5.74) is 2.20. The van der Waals surface area contributed by atoms with E-state index in [1.54, 1.807) is 29.4 Å². The van der Waals surface area contributed by atoms with Crippen LogP contribution in [0.1, 0.15) is 28.9 Å². The van der Waals surface area contributed by atoms with E-state index in [9.17, 15) is 9.59 Å². The number of hydrogen-bond acceptors (Lipinski definition) is 5. The maximum Gasteiger partial charge on any atom is 0.274 e. The lowest BCUT2D eigenvalue weighted by atomic mass is 10.0. The van der Waals surface area contributed by atoms with Crippen molar-refractivity contribution in [3.63, 3.8) is 0 Å². The number of carbonyl (C=O) groups excluding carboxylic acids is 2. The number of ether oxygens (including phenoxy) is 1. The van der Waals surface area contributed by atoms with Crippen molar-refractivity contribution in [3.8, 4) is 16.3 Å². The number of hydrogen-bond donors (Lipinski definition) is 2. The van der Waals surface area contributed by atoms with Crippen molar-refractivity contribution in [2.24, 2.45) is 0 Å². The number of carbonyl (C=O) groups is 2. The number of likely N-dealkylation sites (tertiary alicyclic amines) is 1. The predicted octanol–water partition coefficient (Wildman–Crippen LogP) is 3.11. The number of benzene rings is 1. The second kappa shape index (κ2) is 9.13. The Labute approximate surface area is 179 Å². The van der Waals surface area contributed by atoms with Crippen molar-refractivity contribution in [2.75, 3.05) is 20.2 Å². The number of piperidine rings is 1. The van der Waals surface area contributed by atoms with Crippen LogP contribution in [0.3, 0.4) is 0 Å². The molecule has 2 N–H and O–H groups in total. The van der Waals surface area contributed by atoms with Crippen molar-refractivity contribution in [2.45, 2.75) is 25.3 Å². The fraction of sp³-hybridized carbons (Fsp3) is 0.318. The van der Waals surface area contributed by atoms with E-state index in [0.29, 0.717) is 25.2 Å². The molecule has 8 heteroatoms. The van der Waals surface area contributed by atoms with Crippen LogP contribution in [0.25, 0.3) is 10.6 Å². The van der Waals surface area contributed by atoms with Crippen LogP contribution in [0.15, 0.2) is 47.8 Å². The highest BCUT2D eigenvalue weighted by Gasteiger charge is 2.26. The molecule has 2 aromatic heterocycles. The molecular weight excluding hydrogens is 400 g/mol. The number of aromatic nitrogens is 2. The van der Waals surface area contributed by atoms with Crippen molar-refractivity contribution in [3.05, 3.63) is 59.1 Å². The Kier molecular flexibility index (Phi) is 6.13. The Morgan fingerprint density at radius 1 is 1.23 bits per heavy atom. The van der Waals surface area contributed by atoms with Gasteiger partial charge in [0.1, 0.15) is 5.75 Å². The second-order valence-electron chi connectivity index (χ2n) is 7.31. The second-order valence-corrected chi connectivity index (χ2v) is 8.25. The fourth-order valence-electron chi connectivity index (χ4n) is 3.62. The van der Waals surface area contributed by atoms with E-state index in [0.717, 1.165) is 34.7 Å². The summed E-state index contributed by atoms with van der Waals surface area (Å²) in [7, 11) is 1.61. The molecule has 1 aromatic carbocycles. The Morgan fingerprint density at radius 2 is 2.07 bits per heavy atom. The van der Waals surface area contributed by atoms with Crippen LogP contribution < -0.4 is 10.1 Å². The molecule has 7 nitrogen and oxygen atoms in total. The standard InChI is InChI=1S/C22H24N4O3S/c1-29-17-5-2-4-15(12-17)13-21(27)23-16-7-9-26(10-8-16)22(28)19-14-18(24-25-19)20-6-3-11-30-20/h2-6,11-12,14,16H,7-10,13H2,1H3,(H,23,27)(H,24,25). The van der Waals surface area contributed by atoms with E-state index in [1.807, 2.05) is 41.8 Å². The predicted molar refractivity (Wildman–Crippen MR) is 116 cm³/mol. The fourth-order valence-corrected chi connectivity index (χ4v) is 4.32. The lowest BCUT2D eigenvalue weighted by Crippen LogP contribution is -2.47. The van der Waals surface area contributed by atoms with Gasteiger partial charge in [-0.2, -0.15) is 5.10 Å². The van der Waals surface area contributed by atoms with Gasteiger partial charge in [-0.25, -0.2) is 0 Å². The minimum absolute atomic E-state index is 0.0130. The van der Waals surface area contributed by atoms with Gasteiger partial charge in [0.05, 0.1) is 24.1 Å². The van der Waals surface area contributed by atoms with Crippen LogP contribution in [-0.2, 0) is 11.2 Å². The van der Waals surface area contributed by atoms with E-state index in [4.69, 9.17) is 4.74 Å². The maximum atomic E-state index is 12.8. The van der Waals surface area contributed by atoms with E-state index >= 15 is 0 Å². The Balaban J connectivity index is 1.27. The summed E-state index contributed by atoms with van der Waals surface area (Å²) in [5.74, 6) is 0.656. The molecule has 0 spiro atoms. The summed E-state index contributed by atoms with van der Waals surface area (Å²) in [6, 6.07) is 13.4. The van der Waals surface area contributed by atoms with Crippen molar-refractivity contribution in [1.29, 1.82) is 0 Å². The van der Waals surface area contributed by atoms with Crippen molar-refractivity contribution < 1.29 is 14.3 Å². The van der Waals surface area contributed by atoms with E-state index < -0.39 is 0 Å². The smallest absolute Gasteiger partial charge is 0.274 e. The van der Waals surface area contributed by atoms with Gasteiger partial charge in [0.2, 0.25) is 5.91 Å². The first-order valence-electron chi connectivity index (χ1n) is 9.93. The summed E-state index contributed by atoms with van der Waals surface area (Å²) in [5, 5.41) is 12.2. The first kappa shape index (κ1) is 20.2. The molecule has 1 aliphatic heterocycles. The van der Waals surface area contributed by atoms with Crippen LogP contribution in [0.2, 0.25) is 0 Å². The molecule has 3 aromatic rings. The minimum Gasteiger partial charge on any atom is -0.497 e. The summed E-state index contributed by atoms with van der Waals surface area (Å²) in [4.78, 5) is 28.0. The molecule has 0 saturated carbocycles. The molecule has 4 rings (SSSR count). The van der Waals surface area contributed by atoms with Crippen LogP contribution in [0, 0.1) is 0 Å². The summed E-state index contributed by atoms with van der Waals surface area (Å²) in [6.07, 6.45) is 1.78.